The van der Waals surface area contributed by atoms with Crippen molar-refractivity contribution in [3.05, 3.63) is 42.2 Å². The Morgan fingerprint density at radius 1 is 1.28 bits per heavy atom. The van der Waals surface area contributed by atoms with Crippen molar-refractivity contribution < 1.29 is 17.7 Å². The van der Waals surface area contributed by atoms with Gasteiger partial charge in [0.2, 0.25) is 15.9 Å². The maximum absolute atomic E-state index is 13.0. The third kappa shape index (κ3) is 4.08. The van der Waals surface area contributed by atoms with Crippen molar-refractivity contribution in [2.75, 3.05) is 11.9 Å². The molecule has 0 radical (unpaired) electrons. The molecule has 7 nitrogen and oxygen atoms in total. The molecule has 1 N–H and O–H groups in total. The van der Waals surface area contributed by atoms with Crippen LogP contribution >= 0.6 is 0 Å². The van der Waals surface area contributed by atoms with E-state index < -0.39 is 10.0 Å². The number of aryl methyl sites for hydroxylation is 1. The van der Waals surface area contributed by atoms with E-state index in [1.54, 1.807) is 30.3 Å². The molecule has 1 aromatic carbocycles. The van der Waals surface area contributed by atoms with E-state index in [-0.39, 0.29) is 23.3 Å². The third-order valence-corrected chi connectivity index (χ3v) is 6.29. The van der Waals surface area contributed by atoms with Gasteiger partial charge in [-0.1, -0.05) is 29.3 Å². The molecule has 1 aliphatic heterocycles. The molecule has 8 heteroatoms. The summed E-state index contributed by atoms with van der Waals surface area (Å²) in [4.78, 5) is 12.5. The number of rotatable bonds is 5. The lowest BCUT2D eigenvalue weighted by molar-refractivity contribution is -0.117. The van der Waals surface area contributed by atoms with E-state index in [4.69, 9.17) is 0 Å². The molecule has 25 heavy (non-hydrogen) atoms. The van der Waals surface area contributed by atoms with E-state index in [1.807, 2.05) is 6.92 Å². The summed E-state index contributed by atoms with van der Waals surface area (Å²) < 4.78 is 32.1. The van der Waals surface area contributed by atoms with Gasteiger partial charge < -0.3 is 9.84 Å². The van der Waals surface area contributed by atoms with Gasteiger partial charge in [-0.2, -0.15) is 4.31 Å². The number of anilines is 1. The number of aromatic nitrogens is 1. The Morgan fingerprint density at radius 3 is 2.72 bits per heavy atom. The summed E-state index contributed by atoms with van der Waals surface area (Å²) in [5.74, 6) is 0.0543. The molecule has 134 valence electrons. The first-order chi connectivity index (χ1) is 12.0. The number of hydrogen-bond donors (Lipinski definition) is 1. The summed E-state index contributed by atoms with van der Waals surface area (Å²) in [6.07, 6.45) is 3.83. The van der Waals surface area contributed by atoms with Crippen LogP contribution in [0.25, 0.3) is 0 Å². The minimum Gasteiger partial charge on any atom is -0.363 e. The number of nitrogens with one attached hydrogen (secondary N) is 1. The number of sulfonamides is 1. The standard InChI is InChI=1S/C17H21N3O4S/c1-13-5-7-15(8-6-13)25(22,23)20-10-3-2-4-14(20)12-17(21)18-16-9-11-24-19-16/h5-9,11,14H,2-4,10,12H2,1H3,(H,18,19,21)/t14-/m1/s1. The summed E-state index contributed by atoms with van der Waals surface area (Å²) in [6.45, 7) is 2.34. The molecule has 0 spiro atoms. The maximum Gasteiger partial charge on any atom is 0.243 e. The topological polar surface area (TPSA) is 92.5 Å². The Bertz CT molecular complexity index is 816. The van der Waals surface area contributed by atoms with Gasteiger partial charge in [-0.05, 0) is 31.9 Å². The van der Waals surface area contributed by atoms with E-state index in [9.17, 15) is 13.2 Å². The van der Waals surface area contributed by atoms with Crippen molar-refractivity contribution in [3.63, 3.8) is 0 Å². The van der Waals surface area contributed by atoms with Crippen molar-refractivity contribution >= 4 is 21.7 Å². The van der Waals surface area contributed by atoms with Crippen LogP contribution in [-0.2, 0) is 14.8 Å². The quantitative estimate of drug-likeness (QED) is 0.881. The number of carbonyl (C=O) groups excluding carboxylic acids is 1. The smallest absolute Gasteiger partial charge is 0.243 e. The molecular formula is C17H21N3O4S. The SMILES string of the molecule is Cc1ccc(S(=O)(=O)N2CCCC[C@@H]2CC(=O)Nc2ccon2)cc1. The molecule has 0 unspecified atom stereocenters. The van der Waals surface area contributed by atoms with Crippen molar-refractivity contribution in [3.8, 4) is 0 Å². The van der Waals surface area contributed by atoms with E-state index in [1.165, 1.54) is 10.6 Å². The number of amides is 1. The van der Waals surface area contributed by atoms with Gasteiger partial charge in [-0.3, -0.25) is 4.79 Å². The normalized spacial score (nSPS) is 18.8. The van der Waals surface area contributed by atoms with Crippen molar-refractivity contribution in [2.24, 2.45) is 0 Å². The van der Waals surface area contributed by atoms with E-state index >= 15 is 0 Å². The van der Waals surface area contributed by atoms with Crippen molar-refractivity contribution in [2.45, 2.75) is 43.5 Å². The Balaban J connectivity index is 1.76. The first-order valence-corrected chi connectivity index (χ1v) is 9.69. The van der Waals surface area contributed by atoms with Crippen molar-refractivity contribution in [1.82, 2.24) is 9.46 Å². The summed E-state index contributed by atoms with van der Waals surface area (Å²) in [7, 11) is -3.62. The molecule has 0 aliphatic carbocycles. The van der Waals surface area contributed by atoms with Crippen molar-refractivity contribution in [1.29, 1.82) is 0 Å². The van der Waals surface area contributed by atoms with E-state index in [0.717, 1.165) is 18.4 Å². The van der Waals surface area contributed by atoms with Gasteiger partial charge in [0.05, 0.1) is 4.90 Å². The fourth-order valence-corrected chi connectivity index (χ4v) is 4.72. The molecule has 1 amide bonds. The molecule has 0 saturated carbocycles. The Hall–Kier alpha value is -2.19. The lowest BCUT2D eigenvalue weighted by Crippen LogP contribution is -2.45. The highest BCUT2D eigenvalue weighted by Gasteiger charge is 2.34. The zero-order chi connectivity index (χ0) is 17.9. The summed E-state index contributed by atoms with van der Waals surface area (Å²) in [5, 5.41) is 6.26. The van der Waals surface area contributed by atoms with Crippen LogP contribution < -0.4 is 5.32 Å². The molecule has 1 fully saturated rings. The van der Waals surface area contributed by atoms with Crippen LogP contribution in [0.3, 0.4) is 0 Å². The highest BCUT2D eigenvalue weighted by Crippen LogP contribution is 2.27. The minimum atomic E-state index is -3.62. The summed E-state index contributed by atoms with van der Waals surface area (Å²) >= 11 is 0. The highest BCUT2D eigenvalue weighted by atomic mass is 32.2. The number of piperidine rings is 1. The van der Waals surface area contributed by atoms with Crippen LogP contribution in [0.5, 0.6) is 0 Å². The second-order valence-electron chi connectivity index (χ2n) is 6.22. The predicted octanol–water partition coefficient (Wildman–Crippen LogP) is 2.56. The molecule has 2 heterocycles. The largest absolute Gasteiger partial charge is 0.363 e. The Morgan fingerprint density at radius 2 is 2.04 bits per heavy atom. The van der Waals surface area contributed by atoms with Gasteiger partial charge in [0.15, 0.2) is 5.82 Å². The first-order valence-electron chi connectivity index (χ1n) is 8.25. The van der Waals surface area contributed by atoms with Gasteiger partial charge in [0.25, 0.3) is 0 Å². The van der Waals surface area contributed by atoms with E-state index in [2.05, 4.69) is 15.0 Å². The molecule has 2 aromatic rings. The third-order valence-electron chi connectivity index (χ3n) is 4.33. The highest BCUT2D eigenvalue weighted by molar-refractivity contribution is 7.89. The second-order valence-corrected chi connectivity index (χ2v) is 8.11. The molecule has 1 saturated heterocycles. The number of carbonyl (C=O) groups is 1. The number of nitrogens with zero attached hydrogens (tertiary/aromatic N) is 2. The van der Waals surface area contributed by atoms with Gasteiger partial charge >= 0.3 is 0 Å². The Kier molecular flexibility index (Phi) is 5.19. The van der Waals surface area contributed by atoms with Crippen LogP contribution in [0.2, 0.25) is 0 Å². The lowest BCUT2D eigenvalue weighted by atomic mass is 10.0. The number of benzene rings is 1. The molecular weight excluding hydrogens is 342 g/mol. The van der Waals surface area contributed by atoms with Crippen LogP contribution in [0.4, 0.5) is 5.82 Å². The first kappa shape index (κ1) is 17.6. The van der Waals surface area contributed by atoms with Gasteiger partial charge in [0, 0.05) is 25.1 Å². The van der Waals surface area contributed by atoms with Crippen LogP contribution in [0.15, 0.2) is 46.0 Å². The Labute approximate surface area is 147 Å². The zero-order valence-corrected chi connectivity index (χ0v) is 14.8. The lowest BCUT2D eigenvalue weighted by Gasteiger charge is -2.34. The van der Waals surface area contributed by atoms with Crippen LogP contribution in [0.1, 0.15) is 31.2 Å². The van der Waals surface area contributed by atoms with Gasteiger partial charge in [-0.15, -0.1) is 0 Å². The van der Waals surface area contributed by atoms with E-state index in [0.29, 0.717) is 18.8 Å². The fraction of sp³-hybridized carbons (Fsp3) is 0.412. The average molecular weight is 363 g/mol. The monoisotopic (exact) mass is 363 g/mol. The second kappa shape index (κ2) is 7.37. The minimum absolute atomic E-state index is 0.0952. The van der Waals surface area contributed by atoms with Gasteiger partial charge in [0.1, 0.15) is 6.26 Å². The molecule has 3 rings (SSSR count). The average Bonchev–Trinajstić information content (AvgIpc) is 3.08. The fourth-order valence-electron chi connectivity index (χ4n) is 3.02. The number of hydrogen-bond acceptors (Lipinski definition) is 5. The molecule has 0 bridgehead atoms. The summed E-state index contributed by atoms with van der Waals surface area (Å²) in [6, 6.07) is 7.98. The molecule has 1 aromatic heterocycles. The zero-order valence-electron chi connectivity index (χ0n) is 14.0. The molecule has 1 atom stereocenters. The predicted molar refractivity (Wildman–Crippen MR) is 92.5 cm³/mol. The summed E-state index contributed by atoms with van der Waals surface area (Å²) in [5.41, 5.74) is 1.00. The van der Waals surface area contributed by atoms with Crippen LogP contribution in [0, 0.1) is 6.92 Å². The maximum atomic E-state index is 13.0. The molecule has 1 aliphatic rings. The van der Waals surface area contributed by atoms with Crippen LogP contribution in [-0.4, -0.2) is 36.4 Å². The van der Waals surface area contributed by atoms with Gasteiger partial charge in [-0.25, -0.2) is 8.42 Å².